The molecule has 2 rings (SSSR count). The molecule has 0 amide bonds. The van der Waals surface area contributed by atoms with Crippen LogP contribution in [0.15, 0.2) is 17.5 Å². The van der Waals surface area contributed by atoms with Crippen LogP contribution in [0.2, 0.25) is 0 Å². The highest BCUT2D eigenvalue weighted by Crippen LogP contribution is 2.24. The molecule has 2 nitrogen and oxygen atoms in total. The molecule has 0 bridgehead atoms. The average molecular weight is 196 g/mol. The van der Waals surface area contributed by atoms with Crippen LogP contribution >= 0.6 is 11.3 Å². The van der Waals surface area contributed by atoms with Gasteiger partial charge >= 0.3 is 0 Å². The number of hydrogen-bond acceptors (Lipinski definition) is 3. The predicted octanol–water partition coefficient (Wildman–Crippen LogP) is 1.89. The Labute approximate surface area is 83.1 Å². The van der Waals surface area contributed by atoms with Gasteiger partial charge in [0.05, 0.1) is 0 Å². The molecule has 0 saturated heterocycles. The van der Waals surface area contributed by atoms with Crippen molar-refractivity contribution in [1.29, 1.82) is 0 Å². The minimum atomic E-state index is 0.438. The number of rotatable bonds is 3. The van der Waals surface area contributed by atoms with Crippen LogP contribution in [0.25, 0.3) is 0 Å². The molecular formula is C10H16N2S. The summed E-state index contributed by atoms with van der Waals surface area (Å²) in [5.41, 5.74) is 5.73. The van der Waals surface area contributed by atoms with E-state index in [0.717, 1.165) is 12.8 Å². The van der Waals surface area contributed by atoms with Gasteiger partial charge in [-0.25, -0.2) is 0 Å². The van der Waals surface area contributed by atoms with Crippen LogP contribution in [0, 0.1) is 0 Å². The molecule has 1 aliphatic carbocycles. The van der Waals surface area contributed by atoms with E-state index < -0.39 is 0 Å². The summed E-state index contributed by atoms with van der Waals surface area (Å²) in [6, 6.07) is 5.85. The molecule has 3 N–H and O–H groups in total. The van der Waals surface area contributed by atoms with Crippen molar-refractivity contribution in [2.24, 2.45) is 5.73 Å². The third-order valence-corrected chi connectivity index (χ3v) is 3.69. The standard InChI is InChI=1S/C10H16N2S/c1-7(10-3-2-4-13-10)12-9-5-8(11)6-9/h2-4,7-9,12H,5-6,11H2,1H3. The fourth-order valence-corrected chi connectivity index (χ4v) is 2.51. The average Bonchev–Trinajstić information content (AvgIpc) is 2.53. The summed E-state index contributed by atoms with van der Waals surface area (Å²) in [5, 5.41) is 5.70. The van der Waals surface area contributed by atoms with Gasteiger partial charge in [-0.1, -0.05) is 6.07 Å². The SMILES string of the molecule is CC(NC1CC(N)C1)c1cccs1. The quantitative estimate of drug-likeness (QED) is 0.774. The summed E-state index contributed by atoms with van der Waals surface area (Å²) < 4.78 is 0. The summed E-state index contributed by atoms with van der Waals surface area (Å²) in [4.78, 5) is 1.42. The predicted molar refractivity (Wildman–Crippen MR) is 56.9 cm³/mol. The van der Waals surface area contributed by atoms with E-state index in [0.29, 0.717) is 18.1 Å². The van der Waals surface area contributed by atoms with Crippen LogP contribution in [0.1, 0.15) is 30.7 Å². The highest BCUT2D eigenvalue weighted by Gasteiger charge is 2.26. The summed E-state index contributed by atoms with van der Waals surface area (Å²) in [6.45, 7) is 2.22. The van der Waals surface area contributed by atoms with Crippen molar-refractivity contribution in [2.45, 2.75) is 37.9 Å². The molecule has 13 heavy (non-hydrogen) atoms. The van der Waals surface area contributed by atoms with E-state index in [2.05, 4.69) is 29.8 Å². The van der Waals surface area contributed by atoms with Crippen molar-refractivity contribution in [2.75, 3.05) is 0 Å². The van der Waals surface area contributed by atoms with E-state index in [1.807, 2.05) is 11.3 Å². The van der Waals surface area contributed by atoms with Crippen LogP contribution in [-0.2, 0) is 0 Å². The van der Waals surface area contributed by atoms with E-state index in [-0.39, 0.29) is 0 Å². The van der Waals surface area contributed by atoms with Gasteiger partial charge in [0.15, 0.2) is 0 Å². The lowest BCUT2D eigenvalue weighted by Gasteiger charge is -2.35. The van der Waals surface area contributed by atoms with Crippen molar-refractivity contribution in [1.82, 2.24) is 5.32 Å². The lowest BCUT2D eigenvalue weighted by Crippen LogP contribution is -2.48. The van der Waals surface area contributed by atoms with E-state index in [1.54, 1.807) is 0 Å². The number of nitrogens with two attached hydrogens (primary N) is 1. The fourth-order valence-electron chi connectivity index (χ4n) is 1.77. The number of thiophene rings is 1. The minimum Gasteiger partial charge on any atom is -0.328 e. The molecule has 0 spiro atoms. The molecule has 0 radical (unpaired) electrons. The Balaban J connectivity index is 1.82. The van der Waals surface area contributed by atoms with Gasteiger partial charge in [-0.15, -0.1) is 11.3 Å². The van der Waals surface area contributed by atoms with Crippen molar-refractivity contribution in [3.8, 4) is 0 Å². The monoisotopic (exact) mass is 196 g/mol. The highest BCUT2D eigenvalue weighted by molar-refractivity contribution is 7.10. The molecule has 72 valence electrons. The Morgan fingerprint density at radius 2 is 2.38 bits per heavy atom. The normalized spacial score (nSPS) is 29.7. The van der Waals surface area contributed by atoms with Gasteiger partial charge < -0.3 is 11.1 Å². The Morgan fingerprint density at radius 3 is 2.92 bits per heavy atom. The van der Waals surface area contributed by atoms with E-state index in [9.17, 15) is 0 Å². The molecule has 1 fully saturated rings. The second-order valence-electron chi connectivity index (χ2n) is 3.83. The Bertz CT molecular complexity index is 252. The smallest absolute Gasteiger partial charge is 0.0388 e. The maximum atomic E-state index is 5.73. The third-order valence-electron chi connectivity index (χ3n) is 2.63. The van der Waals surface area contributed by atoms with Gasteiger partial charge in [0, 0.05) is 23.0 Å². The Morgan fingerprint density at radius 1 is 1.62 bits per heavy atom. The number of hydrogen-bond donors (Lipinski definition) is 2. The first kappa shape index (κ1) is 9.19. The van der Waals surface area contributed by atoms with E-state index in [4.69, 9.17) is 5.73 Å². The maximum absolute atomic E-state index is 5.73. The number of nitrogens with one attached hydrogen (secondary N) is 1. The molecule has 1 aromatic rings. The second kappa shape index (κ2) is 3.78. The van der Waals surface area contributed by atoms with Crippen LogP contribution < -0.4 is 11.1 Å². The Hall–Kier alpha value is -0.380. The van der Waals surface area contributed by atoms with Gasteiger partial charge in [-0.2, -0.15) is 0 Å². The molecule has 1 aliphatic rings. The molecule has 1 heterocycles. The summed E-state index contributed by atoms with van der Waals surface area (Å²) in [6.07, 6.45) is 2.27. The van der Waals surface area contributed by atoms with Crippen molar-refractivity contribution in [3.05, 3.63) is 22.4 Å². The first-order valence-corrected chi connectivity index (χ1v) is 5.68. The molecule has 0 aliphatic heterocycles. The molecule has 3 heteroatoms. The van der Waals surface area contributed by atoms with E-state index >= 15 is 0 Å². The first-order chi connectivity index (χ1) is 6.25. The van der Waals surface area contributed by atoms with Crippen molar-refractivity contribution in [3.63, 3.8) is 0 Å². The van der Waals surface area contributed by atoms with Gasteiger partial charge in [0.2, 0.25) is 0 Å². The molecule has 1 aromatic heterocycles. The van der Waals surface area contributed by atoms with Crippen molar-refractivity contribution >= 4 is 11.3 Å². The fraction of sp³-hybridized carbons (Fsp3) is 0.600. The topological polar surface area (TPSA) is 38.0 Å². The second-order valence-corrected chi connectivity index (χ2v) is 4.81. The van der Waals surface area contributed by atoms with Crippen LogP contribution in [-0.4, -0.2) is 12.1 Å². The van der Waals surface area contributed by atoms with Gasteiger partial charge in [-0.3, -0.25) is 0 Å². The zero-order valence-corrected chi connectivity index (χ0v) is 8.68. The molecule has 1 saturated carbocycles. The molecule has 1 atom stereocenters. The van der Waals surface area contributed by atoms with Gasteiger partial charge in [0.25, 0.3) is 0 Å². The van der Waals surface area contributed by atoms with Crippen LogP contribution in [0.3, 0.4) is 0 Å². The lowest BCUT2D eigenvalue weighted by molar-refractivity contribution is 0.273. The largest absolute Gasteiger partial charge is 0.328 e. The highest BCUT2D eigenvalue weighted by atomic mass is 32.1. The zero-order valence-electron chi connectivity index (χ0n) is 7.86. The first-order valence-electron chi connectivity index (χ1n) is 4.80. The maximum Gasteiger partial charge on any atom is 0.0388 e. The minimum absolute atomic E-state index is 0.438. The Kier molecular flexibility index (Phi) is 2.67. The summed E-state index contributed by atoms with van der Waals surface area (Å²) in [5.74, 6) is 0. The molecule has 1 unspecified atom stereocenters. The van der Waals surface area contributed by atoms with Crippen LogP contribution in [0.5, 0.6) is 0 Å². The van der Waals surface area contributed by atoms with Crippen LogP contribution in [0.4, 0.5) is 0 Å². The van der Waals surface area contributed by atoms with Crippen molar-refractivity contribution < 1.29 is 0 Å². The molecular weight excluding hydrogens is 180 g/mol. The summed E-state index contributed by atoms with van der Waals surface area (Å²) >= 11 is 1.81. The third kappa shape index (κ3) is 2.10. The van der Waals surface area contributed by atoms with E-state index in [1.165, 1.54) is 4.88 Å². The zero-order chi connectivity index (χ0) is 9.26. The van der Waals surface area contributed by atoms with Gasteiger partial charge in [0.1, 0.15) is 0 Å². The lowest BCUT2D eigenvalue weighted by atomic mass is 9.87. The summed E-state index contributed by atoms with van der Waals surface area (Å²) in [7, 11) is 0. The molecule has 0 aromatic carbocycles. The van der Waals surface area contributed by atoms with Gasteiger partial charge in [-0.05, 0) is 31.2 Å².